The SMILES string of the molecule is CCCCCC/C=C\CCCCCCCC(=O)OCCCCCCCCCCCCCCCC/C=C\CCCCCCCCCCCCCCCCCCCC(=O)NC(CO)C(O)/C=C/CCCCCCCCCCCCCC. The molecule has 6 nitrogen and oxygen atoms in total. The molecular weight excluding hydrogens is 971 g/mol. The second-order valence-corrected chi connectivity index (χ2v) is 24.6. The van der Waals surface area contributed by atoms with E-state index in [0.29, 0.717) is 19.4 Å². The van der Waals surface area contributed by atoms with Crippen molar-refractivity contribution < 1.29 is 24.5 Å². The summed E-state index contributed by atoms with van der Waals surface area (Å²) >= 11 is 0. The fourth-order valence-electron chi connectivity index (χ4n) is 11.2. The molecule has 0 rings (SSSR count). The summed E-state index contributed by atoms with van der Waals surface area (Å²) in [4.78, 5) is 24.5. The van der Waals surface area contributed by atoms with E-state index in [4.69, 9.17) is 4.74 Å². The third-order valence-corrected chi connectivity index (χ3v) is 16.6. The number of allylic oxidation sites excluding steroid dienone is 5. The minimum atomic E-state index is -0.841. The van der Waals surface area contributed by atoms with E-state index in [-0.39, 0.29) is 18.5 Å². The average Bonchev–Trinajstić information content (AvgIpc) is 3.45. The molecule has 3 N–H and O–H groups in total. The molecule has 0 bridgehead atoms. The number of rotatable bonds is 67. The number of nitrogens with one attached hydrogen (secondary N) is 1. The van der Waals surface area contributed by atoms with Crippen LogP contribution in [0.1, 0.15) is 393 Å². The van der Waals surface area contributed by atoms with Crippen molar-refractivity contribution in [3.8, 4) is 0 Å². The molecular formula is C73H139NO5. The van der Waals surface area contributed by atoms with Gasteiger partial charge in [-0.05, 0) is 83.5 Å². The second-order valence-electron chi connectivity index (χ2n) is 24.6. The van der Waals surface area contributed by atoms with Crippen LogP contribution in [0.4, 0.5) is 0 Å². The maximum absolute atomic E-state index is 12.5. The van der Waals surface area contributed by atoms with Crippen molar-refractivity contribution in [1.82, 2.24) is 5.32 Å². The highest BCUT2D eigenvalue weighted by Crippen LogP contribution is 2.18. The molecule has 0 aliphatic heterocycles. The summed E-state index contributed by atoms with van der Waals surface area (Å²) in [7, 11) is 0. The Morgan fingerprint density at radius 3 is 0.911 bits per heavy atom. The van der Waals surface area contributed by atoms with Crippen molar-refractivity contribution in [2.24, 2.45) is 0 Å². The largest absolute Gasteiger partial charge is 0.466 e. The molecule has 1 amide bonds. The van der Waals surface area contributed by atoms with Gasteiger partial charge in [-0.1, -0.05) is 333 Å². The van der Waals surface area contributed by atoms with E-state index >= 15 is 0 Å². The molecule has 0 aliphatic rings. The number of amides is 1. The zero-order chi connectivity index (χ0) is 57.1. The van der Waals surface area contributed by atoms with Gasteiger partial charge in [0, 0.05) is 12.8 Å². The lowest BCUT2D eigenvalue weighted by molar-refractivity contribution is -0.143. The third-order valence-electron chi connectivity index (χ3n) is 16.6. The summed E-state index contributed by atoms with van der Waals surface area (Å²) in [5.74, 6) is -0.0517. The highest BCUT2D eigenvalue weighted by molar-refractivity contribution is 5.76. The van der Waals surface area contributed by atoms with E-state index in [0.717, 1.165) is 44.9 Å². The smallest absolute Gasteiger partial charge is 0.305 e. The predicted molar refractivity (Wildman–Crippen MR) is 347 cm³/mol. The minimum absolute atomic E-state index is 0.0109. The van der Waals surface area contributed by atoms with Crippen LogP contribution in [0.2, 0.25) is 0 Å². The fourth-order valence-corrected chi connectivity index (χ4v) is 11.2. The molecule has 2 atom stereocenters. The third kappa shape index (κ3) is 65.1. The summed E-state index contributed by atoms with van der Waals surface area (Å²) in [6.07, 6.45) is 88.1. The number of aliphatic hydroxyl groups excluding tert-OH is 2. The Bertz CT molecular complexity index is 1280. The van der Waals surface area contributed by atoms with Gasteiger partial charge in [-0.3, -0.25) is 9.59 Å². The molecule has 2 unspecified atom stereocenters. The molecule has 0 saturated carbocycles. The maximum Gasteiger partial charge on any atom is 0.305 e. The van der Waals surface area contributed by atoms with Gasteiger partial charge in [-0.2, -0.15) is 0 Å². The standard InChI is InChI=1S/C73H139NO5/c1-3-5-7-9-11-13-15-17-42-45-49-53-57-61-65-71(76)70(69-75)74-72(77)66-62-58-54-50-46-43-39-37-35-33-31-29-27-25-23-21-19-18-20-22-24-26-28-30-32-34-36-38-40-44-48-52-56-60-64-68-79-73(78)67-63-59-55-51-47-41-16-14-12-10-8-6-4-2/h14,16,20,22,61,65,70-71,75-76H,3-13,15,17-19,21,23-60,62-64,66-69H2,1-2H3,(H,74,77)/b16-14-,22-20-,65-61+. The fraction of sp³-hybridized carbons (Fsp3) is 0.890. The van der Waals surface area contributed by atoms with Crippen molar-refractivity contribution in [2.45, 2.75) is 405 Å². The van der Waals surface area contributed by atoms with Crippen molar-refractivity contribution >= 4 is 11.9 Å². The lowest BCUT2D eigenvalue weighted by Crippen LogP contribution is -2.45. The number of aliphatic hydroxyl groups is 2. The number of hydrogen-bond acceptors (Lipinski definition) is 5. The summed E-state index contributed by atoms with van der Waals surface area (Å²) < 4.78 is 5.48. The zero-order valence-corrected chi connectivity index (χ0v) is 53.4. The molecule has 79 heavy (non-hydrogen) atoms. The topological polar surface area (TPSA) is 95.9 Å². The first-order chi connectivity index (χ1) is 39.0. The second kappa shape index (κ2) is 68.6. The van der Waals surface area contributed by atoms with Crippen LogP contribution in [0.25, 0.3) is 0 Å². The minimum Gasteiger partial charge on any atom is -0.466 e. The number of esters is 1. The van der Waals surface area contributed by atoms with Crippen LogP contribution < -0.4 is 5.32 Å². The van der Waals surface area contributed by atoms with E-state index in [1.165, 1.54) is 321 Å². The zero-order valence-electron chi connectivity index (χ0n) is 53.4. The Morgan fingerprint density at radius 1 is 0.342 bits per heavy atom. The number of unbranched alkanes of at least 4 members (excludes halogenated alkanes) is 52. The van der Waals surface area contributed by atoms with Gasteiger partial charge in [0.2, 0.25) is 5.91 Å². The lowest BCUT2D eigenvalue weighted by atomic mass is 10.0. The number of carbonyl (C=O) groups is 2. The monoisotopic (exact) mass is 1110 g/mol. The quantitative estimate of drug-likeness (QED) is 0.0320. The van der Waals surface area contributed by atoms with Crippen molar-refractivity contribution in [3.63, 3.8) is 0 Å². The molecule has 6 heteroatoms. The highest BCUT2D eigenvalue weighted by Gasteiger charge is 2.18. The molecule has 0 aromatic rings. The van der Waals surface area contributed by atoms with Crippen LogP contribution in [0, 0.1) is 0 Å². The van der Waals surface area contributed by atoms with E-state index in [1.807, 2.05) is 6.08 Å². The summed E-state index contributed by atoms with van der Waals surface area (Å²) in [6.45, 7) is 4.91. The molecule has 0 aromatic heterocycles. The molecule has 0 radical (unpaired) electrons. The van der Waals surface area contributed by atoms with Crippen LogP contribution in [-0.2, 0) is 14.3 Å². The van der Waals surface area contributed by atoms with Gasteiger partial charge in [0.15, 0.2) is 0 Å². The average molecular weight is 1110 g/mol. The van der Waals surface area contributed by atoms with Gasteiger partial charge in [-0.15, -0.1) is 0 Å². The van der Waals surface area contributed by atoms with Gasteiger partial charge in [0.25, 0.3) is 0 Å². The van der Waals surface area contributed by atoms with Crippen molar-refractivity contribution in [1.29, 1.82) is 0 Å². The summed E-state index contributed by atoms with van der Waals surface area (Å²) in [5.41, 5.74) is 0. The number of carbonyl (C=O) groups excluding carboxylic acids is 2. The molecule has 0 spiro atoms. The first-order valence-corrected chi connectivity index (χ1v) is 35.8. The molecule has 0 fully saturated rings. The van der Waals surface area contributed by atoms with E-state index < -0.39 is 12.1 Å². The molecule has 466 valence electrons. The van der Waals surface area contributed by atoms with Gasteiger partial charge in [-0.25, -0.2) is 0 Å². The van der Waals surface area contributed by atoms with Crippen LogP contribution in [0.3, 0.4) is 0 Å². The Hall–Kier alpha value is -1.92. The molecule has 0 aliphatic carbocycles. The van der Waals surface area contributed by atoms with Gasteiger partial charge >= 0.3 is 5.97 Å². The lowest BCUT2D eigenvalue weighted by Gasteiger charge is -2.20. The van der Waals surface area contributed by atoms with Crippen LogP contribution in [0.5, 0.6) is 0 Å². The molecule has 0 aromatic carbocycles. The molecule has 0 heterocycles. The van der Waals surface area contributed by atoms with Gasteiger partial charge < -0.3 is 20.3 Å². The Labute approximate surface area is 494 Å². The predicted octanol–water partition coefficient (Wildman–Crippen LogP) is 23.1. The first kappa shape index (κ1) is 77.1. The van der Waals surface area contributed by atoms with Gasteiger partial charge in [0.05, 0.1) is 25.4 Å². The summed E-state index contributed by atoms with van der Waals surface area (Å²) in [6, 6.07) is -0.625. The van der Waals surface area contributed by atoms with Crippen molar-refractivity contribution in [2.75, 3.05) is 13.2 Å². The van der Waals surface area contributed by atoms with Gasteiger partial charge in [0.1, 0.15) is 0 Å². The van der Waals surface area contributed by atoms with E-state index in [9.17, 15) is 19.8 Å². The first-order valence-electron chi connectivity index (χ1n) is 35.8. The Morgan fingerprint density at radius 2 is 0.595 bits per heavy atom. The van der Waals surface area contributed by atoms with Crippen molar-refractivity contribution in [3.05, 3.63) is 36.5 Å². The Kier molecular flexibility index (Phi) is 66.9. The summed E-state index contributed by atoms with van der Waals surface area (Å²) in [5, 5.41) is 23.1. The van der Waals surface area contributed by atoms with Crippen LogP contribution in [0.15, 0.2) is 36.5 Å². The number of ether oxygens (including phenoxy) is 1. The number of hydrogen-bond donors (Lipinski definition) is 3. The molecule has 0 saturated heterocycles. The van der Waals surface area contributed by atoms with Crippen LogP contribution in [-0.4, -0.2) is 47.4 Å². The van der Waals surface area contributed by atoms with E-state index in [2.05, 4.69) is 43.5 Å². The highest BCUT2D eigenvalue weighted by atomic mass is 16.5. The normalized spacial score (nSPS) is 12.7. The Balaban J connectivity index is 3.35. The maximum atomic E-state index is 12.5. The van der Waals surface area contributed by atoms with Crippen LogP contribution >= 0.6 is 0 Å². The van der Waals surface area contributed by atoms with E-state index in [1.54, 1.807) is 6.08 Å².